The van der Waals surface area contributed by atoms with Gasteiger partial charge < -0.3 is 4.90 Å². The third-order valence-electron chi connectivity index (χ3n) is 6.63. The van der Waals surface area contributed by atoms with Gasteiger partial charge in [0.25, 0.3) is 10.0 Å². The molecule has 0 spiro atoms. The second-order valence-electron chi connectivity index (χ2n) is 9.04. The molecule has 3 heterocycles. The highest BCUT2D eigenvalue weighted by Crippen LogP contribution is 2.34. The summed E-state index contributed by atoms with van der Waals surface area (Å²) in [5.74, 6) is 0.574. The normalized spacial score (nSPS) is 15.5. The van der Waals surface area contributed by atoms with Crippen LogP contribution in [0.3, 0.4) is 0 Å². The van der Waals surface area contributed by atoms with E-state index in [1.807, 2.05) is 48.7 Å². The standard InChI is InChI=1S/C27H26N6O2S/c1-31-13-15-32(16-14-31)30-27-28-18-21-17-20(11-12-25(21)29-27)24-19-33(26-10-6-5-9-23(24)26)36(34,35)22-7-3-2-4-8-22/h2-12,17-19H,13-16H2,1H3,(H,28,29,30). The maximum absolute atomic E-state index is 13.5. The van der Waals surface area contributed by atoms with Gasteiger partial charge in [0, 0.05) is 54.9 Å². The van der Waals surface area contributed by atoms with Crippen molar-refractivity contribution in [3.05, 3.63) is 85.2 Å². The second kappa shape index (κ2) is 9.02. The van der Waals surface area contributed by atoms with Crippen molar-refractivity contribution in [1.29, 1.82) is 0 Å². The maximum Gasteiger partial charge on any atom is 0.268 e. The van der Waals surface area contributed by atoms with Gasteiger partial charge in [-0.2, -0.15) is 0 Å². The van der Waals surface area contributed by atoms with Crippen molar-refractivity contribution in [1.82, 2.24) is 23.8 Å². The van der Waals surface area contributed by atoms with Crippen LogP contribution < -0.4 is 5.43 Å². The molecule has 0 amide bonds. The van der Waals surface area contributed by atoms with E-state index in [0.29, 0.717) is 11.5 Å². The molecule has 0 aliphatic carbocycles. The molecule has 36 heavy (non-hydrogen) atoms. The van der Waals surface area contributed by atoms with E-state index in [1.54, 1.807) is 36.5 Å². The summed E-state index contributed by atoms with van der Waals surface area (Å²) in [7, 11) is -1.62. The van der Waals surface area contributed by atoms with Crippen LogP contribution in [0.15, 0.2) is 90.1 Å². The molecule has 5 aromatic rings. The van der Waals surface area contributed by atoms with Gasteiger partial charge in [-0.15, -0.1) is 0 Å². The van der Waals surface area contributed by atoms with Gasteiger partial charge in [0.05, 0.1) is 15.9 Å². The quantitative estimate of drug-likeness (QED) is 0.391. The highest BCUT2D eigenvalue weighted by Gasteiger charge is 2.22. The number of piperazine rings is 1. The van der Waals surface area contributed by atoms with Crippen molar-refractivity contribution in [3.63, 3.8) is 0 Å². The van der Waals surface area contributed by atoms with Crippen molar-refractivity contribution in [2.75, 3.05) is 38.7 Å². The molecule has 9 heteroatoms. The lowest BCUT2D eigenvalue weighted by atomic mass is 10.0. The molecule has 0 atom stereocenters. The Morgan fingerprint density at radius 3 is 2.44 bits per heavy atom. The monoisotopic (exact) mass is 498 g/mol. The van der Waals surface area contributed by atoms with Gasteiger partial charge >= 0.3 is 0 Å². The first-order chi connectivity index (χ1) is 17.5. The summed E-state index contributed by atoms with van der Waals surface area (Å²) in [6.45, 7) is 3.81. The summed E-state index contributed by atoms with van der Waals surface area (Å²) in [6, 6.07) is 22.0. The van der Waals surface area contributed by atoms with Gasteiger partial charge in [-0.05, 0) is 42.9 Å². The van der Waals surface area contributed by atoms with E-state index in [-0.39, 0.29) is 4.90 Å². The first-order valence-corrected chi connectivity index (χ1v) is 13.3. The van der Waals surface area contributed by atoms with Crippen LogP contribution in [0.1, 0.15) is 0 Å². The molecule has 1 fully saturated rings. The van der Waals surface area contributed by atoms with Crippen LogP contribution in [-0.4, -0.2) is 65.5 Å². The summed E-state index contributed by atoms with van der Waals surface area (Å²) < 4.78 is 28.3. The topological polar surface area (TPSA) is 83.4 Å². The summed E-state index contributed by atoms with van der Waals surface area (Å²) in [4.78, 5) is 11.8. The third-order valence-corrected chi connectivity index (χ3v) is 8.32. The van der Waals surface area contributed by atoms with Crippen LogP contribution in [0.5, 0.6) is 0 Å². The molecular formula is C27H26N6O2S. The number of rotatable bonds is 5. The molecular weight excluding hydrogens is 472 g/mol. The molecule has 8 nitrogen and oxygen atoms in total. The third kappa shape index (κ3) is 4.11. The van der Waals surface area contributed by atoms with E-state index in [9.17, 15) is 8.42 Å². The Balaban J connectivity index is 1.37. The summed E-state index contributed by atoms with van der Waals surface area (Å²) in [5.41, 5.74) is 6.52. The Kier molecular flexibility index (Phi) is 5.67. The van der Waals surface area contributed by atoms with Crippen LogP contribution in [0.25, 0.3) is 32.9 Å². The molecule has 0 bridgehead atoms. The number of hydrogen-bond acceptors (Lipinski definition) is 7. The smallest absolute Gasteiger partial charge is 0.268 e. The molecule has 1 aliphatic heterocycles. The molecule has 1 saturated heterocycles. The number of para-hydroxylation sites is 1. The Morgan fingerprint density at radius 2 is 1.64 bits per heavy atom. The Hall–Kier alpha value is -3.79. The minimum Gasteiger partial charge on any atom is -0.304 e. The predicted molar refractivity (Wildman–Crippen MR) is 142 cm³/mol. The van der Waals surface area contributed by atoms with Gasteiger partial charge in [-0.25, -0.2) is 27.4 Å². The van der Waals surface area contributed by atoms with Crippen LogP contribution in [0.4, 0.5) is 5.95 Å². The van der Waals surface area contributed by atoms with Crippen molar-refractivity contribution in [2.24, 2.45) is 0 Å². The molecule has 182 valence electrons. The summed E-state index contributed by atoms with van der Waals surface area (Å²) in [5, 5.41) is 3.89. The van der Waals surface area contributed by atoms with Crippen molar-refractivity contribution in [3.8, 4) is 11.1 Å². The van der Waals surface area contributed by atoms with E-state index in [1.165, 1.54) is 3.97 Å². The van der Waals surface area contributed by atoms with Crippen LogP contribution >= 0.6 is 0 Å². The van der Waals surface area contributed by atoms with Crippen LogP contribution in [0, 0.1) is 0 Å². The minimum atomic E-state index is -3.74. The highest BCUT2D eigenvalue weighted by molar-refractivity contribution is 7.90. The Labute approximate surface area is 209 Å². The first kappa shape index (κ1) is 22.7. The van der Waals surface area contributed by atoms with Gasteiger partial charge in [0.15, 0.2) is 0 Å². The van der Waals surface area contributed by atoms with E-state index in [0.717, 1.165) is 53.6 Å². The Morgan fingerprint density at radius 1 is 0.889 bits per heavy atom. The average molecular weight is 499 g/mol. The lowest BCUT2D eigenvalue weighted by Gasteiger charge is -2.32. The fraction of sp³-hybridized carbons (Fsp3) is 0.185. The number of hydrazine groups is 1. The zero-order chi connectivity index (χ0) is 24.7. The summed E-state index contributed by atoms with van der Waals surface area (Å²) >= 11 is 0. The van der Waals surface area contributed by atoms with Crippen LogP contribution in [-0.2, 0) is 10.0 Å². The molecule has 0 saturated carbocycles. The van der Waals surface area contributed by atoms with Gasteiger partial charge in [-0.1, -0.05) is 42.5 Å². The number of hydrogen-bond donors (Lipinski definition) is 1. The second-order valence-corrected chi connectivity index (χ2v) is 10.9. The van der Waals surface area contributed by atoms with E-state index >= 15 is 0 Å². The van der Waals surface area contributed by atoms with Gasteiger partial charge in [0.1, 0.15) is 0 Å². The number of nitrogens with zero attached hydrogens (tertiary/aromatic N) is 5. The number of nitrogens with one attached hydrogen (secondary N) is 1. The Bertz CT molecular complexity index is 1660. The van der Waals surface area contributed by atoms with E-state index < -0.39 is 10.0 Å². The fourth-order valence-electron chi connectivity index (χ4n) is 4.60. The van der Waals surface area contributed by atoms with Gasteiger partial charge in [-0.3, -0.25) is 5.43 Å². The highest BCUT2D eigenvalue weighted by atomic mass is 32.2. The summed E-state index contributed by atoms with van der Waals surface area (Å²) in [6.07, 6.45) is 3.52. The largest absolute Gasteiger partial charge is 0.304 e. The van der Waals surface area contributed by atoms with Crippen molar-refractivity contribution >= 4 is 37.8 Å². The number of anilines is 1. The number of fused-ring (bicyclic) bond motifs is 2. The maximum atomic E-state index is 13.5. The zero-order valence-corrected chi connectivity index (χ0v) is 20.7. The van der Waals surface area contributed by atoms with E-state index in [4.69, 9.17) is 4.98 Å². The SMILES string of the molecule is CN1CCN(Nc2ncc3cc(-c4cn(S(=O)(=O)c5ccccc5)c5ccccc45)ccc3n2)CC1. The lowest BCUT2D eigenvalue weighted by molar-refractivity contribution is 0.178. The van der Waals surface area contributed by atoms with Crippen molar-refractivity contribution in [2.45, 2.75) is 4.90 Å². The first-order valence-electron chi connectivity index (χ1n) is 11.9. The molecule has 3 aromatic carbocycles. The molecule has 0 radical (unpaired) electrons. The van der Waals surface area contributed by atoms with E-state index in [2.05, 4.69) is 27.4 Å². The van der Waals surface area contributed by atoms with Crippen molar-refractivity contribution < 1.29 is 8.42 Å². The number of benzene rings is 3. The van der Waals surface area contributed by atoms with Crippen LogP contribution in [0.2, 0.25) is 0 Å². The lowest BCUT2D eigenvalue weighted by Crippen LogP contribution is -2.47. The zero-order valence-electron chi connectivity index (χ0n) is 19.9. The number of aromatic nitrogens is 3. The minimum absolute atomic E-state index is 0.254. The molecule has 6 rings (SSSR count). The molecule has 1 aliphatic rings. The molecule has 0 unspecified atom stereocenters. The average Bonchev–Trinajstić information content (AvgIpc) is 3.31. The molecule has 1 N–H and O–H groups in total. The number of likely N-dealkylation sites (N-methyl/N-ethyl adjacent to an activating group) is 1. The van der Waals surface area contributed by atoms with Gasteiger partial charge in [0.2, 0.25) is 5.95 Å². The predicted octanol–water partition coefficient (Wildman–Crippen LogP) is 4.06. The fourth-order valence-corrected chi connectivity index (χ4v) is 5.99. The molecule has 2 aromatic heterocycles.